The molecule has 2 aromatic carbocycles. The molecule has 0 fully saturated rings. The highest BCUT2D eigenvalue weighted by atomic mass is 32.2. The van der Waals surface area contributed by atoms with Gasteiger partial charge < -0.3 is 15.9 Å². The van der Waals surface area contributed by atoms with Crippen molar-refractivity contribution in [1.82, 2.24) is 14.9 Å². The van der Waals surface area contributed by atoms with Crippen LogP contribution in [-0.2, 0) is 11.2 Å². The van der Waals surface area contributed by atoms with Crippen molar-refractivity contribution in [3.05, 3.63) is 60.4 Å². The first-order valence-corrected chi connectivity index (χ1v) is 9.94. The lowest BCUT2D eigenvalue weighted by Crippen LogP contribution is -2.23. The van der Waals surface area contributed by atoms with Gasteiger partial charge in [-0.05, 0) is 49.7 Å². The third-order valence-electron chi connectivity index (χ3n) is 3.96. The molecule has 0 saturated carbocycles. The van der Waals surface area contributed by atoms with E-state index < -0.39 is 0 Å². The smallest absolute Gasteiger partial charge is 0.237 e. The fourth-order valence-corrected chi connectivity index (χ4v) is 3.26. The fourth-order valence-electron chi connectivity index (χ4n) is 2.47. The minimum Gasteiger partial charge on any atom is -0.457 e. The molecule has 8 heteroatoms. The van der Waals surface area contributed by atoms with E-state index in [4.69, 9.17) is 10.6 Å². The molecular formula is C20H23N5O2S. The number of amides is 1. The van der Waals surface area contributed by atoms with Gasteiger partial charge in [-0.3, -0.25) is 4.79 Å². The number of aromatic nitrogens is 3. The molecule has 3 rings (SSSR count). The number of anilines is 1. The highest BCUT2D eigenvalue weighted by Gasteiger charge is 2.19. The molecule has 0 aliphatic heterocycles. The number of hydrogen-bond acceptors (Lipinski definition) is 6. The monoisotopic (exact) mass is 397 g/mol. The van der Waals surface area contributed by atoms with Crippen molar-refractivity contribution in [2.75, 3.05) is 11.2 Å². The number of nitrogen functional groups attached to an aromatic ring is 1. The van der Waals surface area contributed by atoms with Gasteiger partial charge in [-0.25, -0.2) is 4.68 Å². The highest BCUT2D eigenvalue weighted by Crippen LogP contribution is 2.25. The zero-order valence-electron chi connectivity index (χ0n) is 15.8. The van der Waals surface area contributed by atoms with Crippen molar-refractivity contribution in [3.8, 4) is 11.5 Å². The molecule has 7 nitrogen and oxygen atoms in total. The van der Waals surface area contributed by atoms with Crippen molar-refractivity contribution in [1.29, 1.82) is 0 Å². The molecule has 0 aliphatic rings. The summed E-state index contributed by atoms with van der Waals surface area (Å²) in [4.78, 5) is 12.5. The molecule has 1 amide bonds. The van der Waals surface area contributed by atoms with Gasteiger partial charge in [0, 0.05) is 12.1 Å². The third-order valence-corrected chi connectivity index (χ3v) is 5.02. The summed E-state index contributed by atoms with van der Waals surface area (Å²) in [5, 5.41) is 11.2. The van der Waals surface area contributed by atoms with Crippen molar-refractivity contribution >= 4 is 23.4 Å². The maximum atomic E-state index is 12.5. The van der Waals surface area contributed by atoms with Gasteiger partial charge in [-0.1, -0.05) is 36.9 Å². The van der Waals surface area contributed by atoms with Crippen molar-refractivity contribution < 1.29 is 9.53 Å². The molecule has 3 aromatic rings. The molecule has 0 spiro atoms. The summed E-state index contributed by atoms with van der Waals surface area (Å²) >= 11 is 1.28. The number of nitrogens with zero attached hydrogens (tertiary/aromatic N) is 3. The third kappa shape index (κ3) is 5.04. The van der Waals surface area contributed by atoms with Gasteiger partial charge >= 0.3 is 0 Å². The second kappa shape index (κ2) is 9.27. The topological polar surface area (TPSA) is 95.1 Å². The number of carbonyl (C=O) groups excluding carboxylic acids is 1. The average Bonchev–Trinajstić information content (AvgIpc) is 3.04. The summed E-state index contributed by atoms with van der Waals surface area (Å²) in [7, 11) is 0. The Morgan fingerprint density at radius 1 is 1.14 bits per heavy atom. The first kappa shape index (κ1) is 19.8. The molecule has 3 N–H and O–H groups in total. The van der Waals surface area contributed by atoms with E-state index in [-0.39, 0.29) is 11.2 Å². The van der Waals surface area contributed by atoms with Crippen molar-refractivity contribution in [2.45, 2.75) is 37.1 Å². The number of para-hydroxylation sites is 1. The van der Waals surface area contributed by atoms with Crippen LogP contribution in [-0.4, -0.2) is 26.0 Å². The van der Waals surface area contributed by atoms with Crippen LogP contribution in [0.25, 0.3) is 0 Å². The molecule has 146 valence electrons. The molecule has 0 bridgehead atoms. The lowest BCUT2D eigenvalue weighted by Gasteiger charge is -2.12. The molecule has 0 unspecified atom stereocenters. The van der Waals surface area contributed by atoms with Gasteiger partial charge in [-0.2, -0.15) is 0 Å². The summed E-state index contributed by atoms with van der Waals surface area (Å²) in [6.45, 7) is 3.86. The average molecular weight is 398 g/mol. The van der Waals surface area contributed by atoms with Crippen LogP contribution in [0.1, 0.15) is 26.1 Å². The standard InChI is InChI=1S/C20H23N5O2S/c1-3-7-18-23-24-20(25(18)21)28-14(2)19(26)22-15-10-12-17(13-11-15)27-16-8-5-4-6-9-16/h4-6,8-14H,3,7,21H2,1-2H3,(H,22,26)/t14-/m1/s1. The van der Waals surface area contributed by atoms with E-state index in [0.717, 1.165) is 18.6 Å². The second-order valence-corrected chi connectivity index (χ2v) is 7.52. The molecule has 0 aliphatic carbocycles. The van der Waals surface area contributed by atoms with Crippen LogP contribution in [0, 0.1) is 0 Å². The van der Waals surface area contributed by atoms with Gasteiger partial charge in [0.05, 0.1) is 5.25 Å². The minimum absolute atomic E-state index is 0.137. The van der Waals surface area contributed by atoms with Crippen LogP contribution in [0.5, 0.6) is 11.5 Å². The van der Waals surface area contributed by atoms with Crippen LogP contribution in [0.15, 0.2) is 59.8 Å². The van der Waals surface area contributed by atoms with Crippen LogP contribution < -0.4 is 15.9 Å². The van der Waals surface area contributed by atoms with Crippen LogP contribution >= 0.6 is 11.8 Å². The largest absolute Gasteiger partial charge is 0.457 e. The number of hydrogen-bond donors (Lipinski definition) is 2. The normalized spacial score (nSPS) is 11.8. The Hall–Kier alpha value is -3.00. The summed E-state index contributed by atoms with van der Waals surface area (Å²) in [6, 6.07) is 16.8. The Morgan fingerprint density at radius 3 is 2.50 bits per heavy atom. The Labute approximate surface area is 168 Å². The first-order chi connectivity index (χ1) is 13.6. The summed E-state index contributed by atoms with van der Waals surface area (Å²) in [5.41, 5.74) is 0.693. The number of ether oxygens (including phenoxy) is 1. The van der Waals surface area contributed by atoms with Gasteiger partial charge in [0.15, 0.2) is 5.82 Å². The highest BCUT2D eigenvalue weighted by molar-refractivity contribution is 8.00. The van der Waals surface area contributed by atoms with E-state index in [1.807, 2.05) is 49.4 Å². The summed E-state index contributed by atoms with van der Waals surface area (Å²) in [5.74, 6) is 8.03. The minimum atomic E-state index is -0.374. The Kier molecular flexibility index (Phi) is 6.54. The van der Waals surface area contributed by atoms with Crippen LogP contribution in [0.4, 0.5) is 5.69 Å². The number of nitrogens with two attached hydrogens (primary N) is 1. The van der Waals surface area contributed by atoms with Crippen molar-refractivity contribution in [2.24, 2.45) is 0 Å². The Morgan fingerprint density at radius 2 is 1.82 bits per heavy atom. The number of aryl methyl sites for hydroxylation is 1. The van der Waals surface area contributed by atoms with Crippen LogP contribution in [0.3, 0.4) is 0 Å². The summed E-state index contributed by atoms with van der Waals surface area (Å²) < 4.78 is 7.20. The molecule has 0 saturated heterocycles. The van der Waals surface area contributed by atoms with Crippen molar-refractivity contribution in [3.63, 3.8) is 0 Å². The number of thioether (sulfide) groups is 1. The molecule has 28 heavy (non-hydrogen) atoms. The van der Waals surface area contributed by atoms with Gasteiger partial charge in [0.25, 0.3) is 0 Å². The van der Waals surface area contributed by atoms with Gasteiger partial charge in [0.2, 0.25) is 11.1 Å². The quantitative estimate of drug-likeness (QED) is 0.443. The SMILES string of the molecule is CCCc1nnc(S[C@H](C)C(=O)Nc2ccc(Oc3ccccc3)cc2)n1N. The lowest BCUT2D eigenvalue weighted by atomic mass is 10.3. The maximum absolute atomic E-state index is 12.5. The Bertz CT molecular complexity index is 912. The number of carbonyl (C=O) groups is 1. The van der Waals surface area contributed by atoms with Crippen LogP contribution in [0.2, 0.25) is 0 Å². The van der Waals surface area contributed by atoms with E-state index in [1.165, 1.54) is 16.4 Å². The molecule has 1 aromatic heterocycles. The summed E-state index contributed by atoms with van der Waals surface area (Å²) in [6.07, 6.45) is 1.68. The molecule has 0 radical (unpaired) electrons. The second-order valence-electron chi connectivity index (χ2n) is 6.21. The predicted molar refractivity (Wildman–Crippen MR) is 111 cm³/mol. The maximum Gasteiger partial charge on any atom is 0.237 e. The van der Waals surface area contributed by atoms with E-state index >= 15 is 0 Å². The van der Waals surface area contributed by atoms with E-state index in [2.05, 4.69) is 15.5 Å². The van der Waals surface area contributed by atoms with E-state index in [0.29, 0.717) is 22.4 Å². The molecule has 1 heterocycles. The zero-order chi connectivity index (χ0) is 19.9. The lowest BCUT2D eigenvalue weighted by molar-refractivity contribution is -0.115. The van der Waals surface area contributed by atoms with E-state index in [9.17, 15) is 4.79 Å². The van der Waals surface area contributed by atoms with Gasteiger partial charge in [0.1, 0.15) is 11.5 Å². The fraction of sp³-hybridized carbons (Fsp3) is 0.250. The molecule has 1 atom stereocenters. The number of nitrogens with one attached hydrogen (secondary N) is 1. The van der Waals surface area contributed by atoms with E-state index in [1.54, 1.807) is 19.1 Å². The predicted octanol–water partition coefficient (Wildman–Crippen LogP) is 3.86. The number of benzene rings is 2. The van der Waals surface area contributed by atoms with Gasteiger partial charge in [-0.15, -0.1) is 10.2 Å². The molecular weight excluding hydrogens is 374 g/mol. The Balaban J connectivity index is 1.56. The number of rotatable bonds is 8. The zero-order valence-corrected chi connectivity index (χ0v) is 16.6. The first-order valence-electron chi connectivity index (χ1n) is 9.06.